The number of fused-ring (bicyclic) bond motifs is 2. The fourth-order valence-electron chi connectivity index (χ4n) is 6.20. The molecule has 6 aromatic rings. The molecule has 8 rings (SSSR count). The minimum absolute atomic E-state index is 0.385. The third kappa shape index (κ3) is 4.73. The van der Waals surface area contributed by atoms with Crippen molar-refractivity contribution in [2.24, 2.45) is 0 Å². The summed E-state index contributed by atoms with van der Waals surface area (Å²) in [6.07, 6.45) is 8.85. The second-order valence-electron chi connectivity index (χ2n) is 11.1. The molecule has 1 unspecified atom stereocenters. The van der Waals surface area contributed by atoms with Crippen LogP contribution in [0.15, 0.2) is 150 Å². The van der Waals surface area contributed by atoms with Gasteiger partial charge in [-0.1, -0.05) is 113 Å². The van der Waals surface area contributed by atoms with Gasteiger partial charge in [0.1, 0.15) is 0 Å². The Bertz CT molecular complexity index is 2160. The van der Waals surface area contributed by atoms with Crippen LogP contribution in [-0.2, 0) is 4.57 Å². The minimum atomic E-state index is -3.60. The number of hydrogen-bond acceptors (Lipinski definition) is 3. The predicted octanol–water partition coefficient (Wildman–Crippen LogP) is 10.6. The van der Waals surface area contributed by atoms with Gasteiger partial charge in [0.15, 0.2) is 0 Å². The Kier molecular flexibility index (Phi) is 6.97. The third-order valence-electron chi connectivity index (χ3n) is 8.30. The maximum absolute atomic E-state index is 16.0. The van der Waals surface area contributed by atoms with Gasteiger partial charge in [-0.15, -0.1) is 0 Å². The quantitative estimate of drug-likeness (QED) is 0.171. The standard InChI is InChI=1S/C38H28BrN4OP/c39-30-24-25-35-36(26-30)43(45(44,32-16-8-3-9-17-32)42(35)31-14-6-2-7-15-31)38-40-34-19-11-10-18-33(34)37(41-38)29-22-20-28(21-23-29)27-12-4-1-5-13-27/h2-4,6-26H,1,5H2. The Labute approximate surface area is 270 Å². The molecule has 1 atom stereocenters. The summed E-state index contributed by atoms with van der Waals surface area (Å²) < 4.78 is 20.7. The number of nitrogens with zero attached hydrogens (tertiary/aromatic N) is 4. The number of hydrogen-bond donors (Lipinski definition) is 0. The van der Waals surface area contributed by atoms with Crippen molar-refractivity contribution in [2.45, 2.75) is 12.8 Å². The van der Waals surface area contributed by atoms with E-state index in [-0.39, 0.29) is 0 Å². The monoisotopic (exact) mass is 666 g/mol. The number of halogens is 1. The molecule has 0 radical (unpaired) electrons. The summed E-state index contributed by atoms with van der Waals surface area (Å²) in [5.74, 6) is 0.385. The molecule has 0 saturated carbocycles. The van der Waals surface area contributed by atoms with Crippen molar-refractivity contribution < 1.29 is 4.57 Å². The molecule has 0 amide bonds. The fourth-order valence-corrected chi connectivity index (χ4v) is 9.44. The lowest BCUT2D eigenvalue weighted by Gasteiger charge is -2.32. The van der Waals surface area contributed by atoms with E-state index in [0.29, 0.717) is 11.3 Å². The number of benzene rings is 5. The molecular formula is C38H28BrN4OP. The van der Waals surface area contributed by atoms with E-state index in [9.17, 15) is 0 Å². The number of rotatable bonds is 5. The normalized spacial score (nSPS) is 17.4. The van der Waals surface area contributed by atoms with E-state index in [1.165, 1.54) is 11.1 Å². The molecule has 5 aromatic carbocycles. The number of para-hydroxylation sites is 2. The first-order valence-corrected chi connectivity index (χ1v) is 17.4. The Balaban J connectivity index is 1.37. The summed E-state index contributed by atoms with van der Waals surface area (Å²) in [6, 6.07) is 42.2. The lowest BCUT2D eigenvalue weighted by Crippen LogP contribution is -2.27. The van der Waals surface area contributed by atoms with Gasteiger partial charge in [0, 0.05) is 21.1 Å². The van der Waals surface area contributed by atoms with Crippen LogP contribution in [0.5, 0.6) is 0 Å². The zero-order chi connectivity index (χ0) is 30.4. The molecule has 2 heterocycles. The lowest BCUT2D eigenvalue weighted by molar-refractivity contribution is 0.582. The van der Waals surface area contributed by atoms with Crippen molar-refractivity contribution in [1.29, 1.82) is 0 Å². The number of aromatic nitrogens is 2. The summed E-state index contributed by atoms with van der Waals surface area (Å²) in [7, 11) is -3.60. The first kappa shape index (κ1) is 27.8. The minimum Gasteiger partial charge on any atom is -0.270 e. The summed E-state index contributed by atoms with van der Waals surface area (Å²) in [5.41, 5.74) is 7.41. The average molecular weight is 668 g/mol. The molecule has 5 nitrogen and oxygen atoms in total. The van der Waals surface area contributed by atoms with E-state index in [1.807, 2.05) is 106 Å². The smallest absolute Gasteiger partial charge is 0.270 e. The zero-order valence-electron chi connectivity index (χ0n) is 24.3. The van der Waals surface area contributed by atoms with Crippen molar-refractivity contribution in [3.8, 4) is 11.3 Å². The molecule has 0 N–H and O–H groups in total. The Morgan fingerprint density at radius 3 is 2.13 bits per heavy atom. The van der Waals surface area contributed by atoms with E-state index >= 15 is 4.57 Å². The fraction of sp³-hybridized carbons (Fsp3) is 0.0526. The van der Waals surface area contributed by atoms with Crippen LogP contribution in [0.25, 0.3) is 27.7 Å². The predicted molar refractivity (Wildman–Crippen MR) is 190 cm³/mol. The molecule has 1 aliphatic carbocycles. The van der Waals surface area contributed by atoms with Gasteiger partial charge >= 0.3 is 7.44 Å². The molecule has 0 saturated heterocycles. The highest BCUT2D eigenvalue weighted by Crippen LogP contribution is 2.69. The molecule has 0 fully saturated rings. The van der Waals surface area contributed by atoms with Gasteiger partial charge < -0.3 is 0 Å². The molecule has 1 aromatic heterocycles. The van der Waals surface area contributed by atoms with E-state index in [2.05, 4.69) is 64.5 Å². The maximum Gasteiger partial charge on any atom is 0.304 e. The van der Waals surface area contributed by atoms with Crippen LogP contribution >= 0.6 is 23.4 Å². The molecule has 1 aliphatic heterocycles. The summed E-state index contributed by atoms with van der Waals surface area (Å²) >= 11 is 3.68. The summed E-state index contributed by atoms with van der Waals surface area (Å²) in [4.78, 5) is 10.3. The van der Waals surface area contributed by atoms with Gasteiger partial charge in [-0.2, -0.15) is 0 Å². The molecular weight excluding hydrogens is 639 g/mol. The van der Waals surface area contributed by atoms with E-state index < -0.39 is 7.44 Å². The first-order valence-electron chi connectivity index (χ1n) is 15.0. The second-order valence-corrected chi connectivity index (χ2v) is 14.4. The Morgan fingerprint density at radius 2 is 1.38 bits per heavy atom. The van der Waals surface area contributed by atoms with Crippen molar-refractivity contribution in [2.75, 3.05) is 9.34 Å². The first-order chi connectivity index (χ1) is 22.1. The van der Waals surface area contributed by atoms with Crippen LogP contribution in [-0.4, -0.2) is 9.97 Å². The van der Waals surface area contributed by atoms with Crippen molar-refractivity contribution in [1.82, 2.24) is 9.97 Å². The van der Waals surface area contributed by atoms with Crippen LogP contribution in [0.4, 0.5) is 23.0 Å². The van der Waals surface area contributed by atoms with Gasteiger partial charge in [-0.05, 0) is 72.5 Å². The molecule has 0 spiro atoms. The van der Waals surface area contributed by atoms with Gasteiger partial charge in [0.2, 0.25) is 5.95 Å². The Hall–Kier alpha value is -4.77. The average Bonchev–Trinajstić information content (AvgIpc) is 3.37. The van der Waals surface area contributed by atoms with E-state index in [4.69, 9.17) is 9.97 Å². The summed E-state index contributed by atoms with van der Waals surface area (Å²) in [6.45, 7) is 0. The molecule has 45 heavy (non-hydrogen) atoms. The van der Waals surface area contributed by atoms with Crippen LogP contribution in [0.2, 0.25) is 0 Å². The van der Waals surface area contributed by atoms with Gasteiger partial charge in [0.25, 0.3) is 0 Å². The van der Waals surface area contributed by atoms with Crippen molar-refractivity contribution in [3.05, 3.63) is 156 Å². The highest BCUT2D eigenvalue weighted by atomic mass is 79.9. The van der Waals surface area contributed by atoms with Crippen molar-refractivity contribution >= 4 is 68.2 Å². The molecule has 7 heteroatoms. The number of anilines is 4. The van der Waals surface area contributed by atoms with Gasteiger partial charge in [0.05, 0.1) is 27.9 Å². The SMILES string of the molecule is O=P1(c2ccccc2)N(c2ccccc2)c2ccc(Br)cc2N1c1nc(-c2ccc(C3=CCCC=C3)cc2)c2ccccc2n1. The third-order valence-corrected chi connectivity index (χ3v) is 11.7. The van der Waals surface area contributed by atoms with E-state index in [1.54, 1.807) is 0 Å². The van der Waals surface area contributed by atoms with Crippen LogP contribution in [0, 0.1) is 0 Å². The Morgan fingerprint density at radius 1 is 0.667 bits per heavy atom. The van der Waals surface area contributed by atoms with Crippen LogP contribution in [0.3, 0.4) is 0 Å². The van der Waals surface area contributed by atoms with Crippen LogP contribution < -0.4 is 14.6 Å². The second kappa shape index (κ2) is 11.3. The number of allylic oxidation sites excluding steroid dienone is 4. The zero-order valence-corrected chi connectivity index (χ0v) is 26.8. The van der Waals surface area contributed by atoms with Gasteiger partial charge in [-0.3, -0.25) is 9.24 Å². The van der Waals surface area contributed by atoms with Gasteiger partial charge in [-0.25, -0.2) is 14.6 Å². The molecule has 2 aliphatic rings. The topological polar surface area (TPSA) is 49.3 Å². The van der Waals surface area contributed by atoms with Crippen LogP contribution in [0.1, 0.15) is 18.4 Å². The van der Waals surface area contributed by atoms with Crippen molar-refractivity contribution in [3.63, 3.8) is 0 Å². The maximum atomic E-state index is 16.0. The highest BCUT2D eigenvalue weighted by Gasteiger charge is 2.50. The largest absolute Gasteiger partial charge is 0.304 e. The highest BCUT2D eigenvalue weighted by molar-refractivity contribution is 9.10. The molecule has 218 valence electrons. The molecule has 0 bridgehead atoms. The lowest BCUT2D eigenvalue weighted by atomic mass is 9.97. The van der Waals surface area contributed by atoms with E-state index in [0.717, 1.165) is 56.5 Å². The summed E-state index contributed by atoms with van der Waals surface area (Å²) in [5, 5.41) is 1.63.